The van der Waals surface area contributed by atoms with Crippen LogP contribution < -0.4 is 4.74 Å². The van der Waals surface area contributed by atoms with E-state index in [0.29, 0.717) is 0 Å². The van der Waals surface area contributed by atoms with E-state index in [2.05, 4.69) is 16.3 Å². The first-order valence-corrected chi connectivity index (χ1v) is 4.00. The third-order valence-corrected chi connectivity index (χ3v) is 1.62. The second kappa shape index (κ2) is 3.96. The van der Waals surface area contributed by atoms with Crippen LogP contribution in [0.25, 0.3) is 0 Å². The minimum Gasteiger partial charge on any atom is -0.504 e. The maximum absolute atomic E-state index is 12.6. The molecule has 1 unspecified atom stereocenters. The lowest BCUT2D eigenvalue weighted by molar-refractivity contribution is -0.199. The lowest BCUT2D eigenvalue weighted by Crippen LogP contribution is -2.32. The number of aromatic hydroxyl groups is 1. The molecule has 0 radical (unpaired) electrons. The molecule has 0 saturated heterocycles. The van der Waals surface area contributed by atoms with Crippen molar-refractivity contribution in [3.05, 3.63) is 24.3 Å². The Bertz CT molecular complexity index is 317. The minimum atomic E-state index is -4.17. The Balaban J connectivity index is 2.84. The molecule has 0 fully saturated rings. The van der Waals surface area contributed by atoms with Gasteiger partial charge >= 0.3 is 6.11 Å². The molecule has 1 aromatic carbocycles. The molecule has 1 aromatic rings. The monoisotopic (exact) mass is 226 g/mol. The standard InChI is InChI=1S/C8H6ClF3O2/c9-7(10)8(11,12)14-6-4-2-1-3-5(6)13/h1-4,7,13H. The van der Waals surface area contributed by atoms with Crippen LogP contribution in [0.3, 0.4) is 0 Å². The molecule has 14 heavy (non-hydrogen) atoms. The molecule has 0 aliphatic carbocycles. The van der Waals surface area contributed by atoms with E-state index in [9.17, 15) is 13.2 Å². The fourth-order valence-electron chi connectivity index (χ4n) is 0.735. The van der Waals surface area contributed by atoms with Crippen LogP contribution in [0, 0.1) is 0 Å². The maximum atomic E-state index is 12.6. The number of hydrogen-bond donors (Lipinski definition) is 1. The van der Waals surface area contributed by atoms with Crippen LogP contribution in [0.4, 0.5) is 13.2 Å². The number of benzene rings is 1. The molecule has 1 N–H and O–H groups in total. The predicted octanol–water partition coefficient (Wildman–Crippen LogP) is 2.90. The van der Waals surface area contributed by atoms with Crippen molar-refractivity contribution in [3.8, 4) is 11.5 Å². The van der Waals surface area contributed by atoms with Crippen molar-refractivity contribution < 1.29 is 23.0 Å². The van der Waals surface area contributed by atoms with Gasteiger partial charge in [0, 0.05) is 0 Å². The van der Waals surface area contributed by atoms with Crippen LogP contribution in [0.15, 0.2) is 24.3 Å². The number of ether oxygens (including phenoxy) is 1. The van der Waals surface area contributed by atoms with Gasteiger partial charge in [0.05, 0.1) is 0 Å². The van der Waals surface area contributed by atoms with Gasteiger partial charge in [0.2, 0.25) is 0 Å². The van der Waals surface area contributed by atoms with Gasteiger partial charge in [-0.1, -0.05) is 23.7 Å². The topological polar surface area (TPSA) is 29.5 Å². The van der Waals surface area contributed by atoms with Crippen molar-refractivity contribution in [1.29, 1.82) is 0 Å². The summed E-state index contributed by atoms with van der Waals surface area (Å²) < 4.78 is 41.2. The second-order valence-electron chi connectivity index (χ2n) is 2.43. The van der Waals surface area contributed by atoms with E-state index in [1.807, 2.05) is 0 Å². The number of halogens is 4. The summed E-state index contributed by atoms with van der Waals surface area (Å²) in [7, 11) is 0. The first-order valence-electron chi connectivity index (χ1n) is 3.56. The van der Waals surface area contributed by atoms with Crippen molar-refractivity contribution in [2.24, 2.45) is 0 Å². The summed E-state index contributed by atoms with van der Waals surface area (Å²) in [5.74, 6) is -1.04. The zero-order valence-electron chi connectivity index (χ0n) is 6.75. The number of phenols is 1. The summed E-state index contributed by atoms with van der Waals surface area (Å²) >= 11 is 4.55. The highest BCUT2D eigenvalue weighted by molar-refractivity contribution is 6.20. The van der Waals surface area contributed by atoms with E-state index >= 15 is 0 Å². The summed E-state index contributed by atoms with van der Waals surface area (Å²) in [6.45, 7) is 0. The van der Waals surface area contributed by atoms with Crippen LogP contribution in [0.2, 0.25) is 0 Å². The Morgan fingerprint density at radius 3 is 2.43 bits per heavy atom. The van der Waals surface area contributed by atoms with Gasteiger partial charge in [-0.3, -0.25) is 0 Å². The highest BCUT2D eigenvalue weighted by Gasteiger charge is 2.42. The summed E-state index contributed by atoms with van der Waals surface area (Å²) in [5.41, 5.74) is -2.97. The molecule has 1 atom stereocenters. The van der Waals surface area contributed by atoms with Gasteiger partial charge in [-0.15, -0.1) is 0 Å². The van der Waals surface area contributed by atoms with E-state index in [1.165, 1.54) is 12.1 Å². The molecule has 0 amide bonds. The predicted molar refractivity (Wildman–Crippen MR) is 44.4 cm³/mol. The number of para-hydroxylation sites is 2. The average molecular weight is 227 g/mol. The van der Waals surface area contributed by atoms with E-state index in [0.717, 1.165) is 12.1 Å². The smallest absolute Gasteiger partial charge is 0.444 e. The zero-order valence-corrected chi connectivity index (χ0v) is 7.51. The van der Waals surface area contributed by atoms with Crippen LogP contribution in [0.5, 0.6) is 11.5 Å². The fraction of sp³-hybridized carbons (Fsp3) is 0.250. The third-order valence-electron chi connectivity index (χ3n) is 1.37. The highest BCUT2D eigenvalue weighted by Crippen LogP contribution is 2.33. The van der Waals surface area contributed by atoms with Crippen LogP contribution >= 0.6 is 11.6 Å². The van der Waals surface area contributed by atoms with Crippen LogP contribution in [0.1, 0.15) is 0 Å². The Hall–Kier alpha value is -1.10. The summed E-state index contributed by atoms with van der Waals surface area (Å²) in [6.07, 6.45) is -4.17. The first-order chi connectivity index (χ1) is 6.43. The molecule has 1 rings (SSSR count). The summed E-state index contributed by atoms with van der Waals surface area (Å²) in [5, 5.41) is 9.03. The molecule has 0 heterocycles. The van der Waals surface area contributed by atoms with Gasteiger partial charge in [0.1, 0.15) is 0 Å². The van der Waals surface area contributed by atoms with Crippen molar-refractivity contribution in [2.75, 3.05) is 0 Å². The molecule has 0 bridgehead atoms. The van der Waals surface area contributed by atoms with Gasteiger partial charge in [-0.25, -0.2) is 4.39 Å². The Morgan fingerprint density at radius 2 is 1.93 bits per heavy atom. The van der Waals surface area contributed by atoms with Gasteiger partial charge in [0.15, 0.2) is 11.5 Å². The average Bonchev–Trinajstić information content (AvgIpc) is 2.08. The quantitative estimate of drug-likeness (QED) is 0.803. The van der Waals surface area contributed by atoms with E-state index in [4.69, 9.17) is 5.11 Å². The van der Waals surface area contributed by atoms with Gasteiger partial charge < -0.3 is 9.84 Å². The molecular formula is C8H6ClF3O2. The Morgan fingerprint density at radius 1 is 1.36 bits per heavy atom. The number of hydrogen-bond acceptors (Lipinski definition) is 2. The van der Waals surface area contributed by atoms with Gasteiger partial charge in [0.25, 0.3) is 5.63 Å². The minimum absolute atomic E-state index is 0.510. The SMILES string of the molecule is Oc1ccccc1OC(F)(F)C(F)Cl. The largest absolute Gasteiger partial charge is 0.504 e. The van der Waals surface area contributed by atoms with Crippen molar-refractivity contribution in [2.45, 2.75) is 11.7 Å². The lowest BCUT2D eigenvalue weighted by Gasteiger charge is -2.17. The molecule has 0 saturated carbocycles. The van der Waals surface area contributed by atoms with Crippen molar-refractivity contribution >= 4 is 11.6 Å². The molecule has 0 aliphatic rings. The van der Waals surface area contributed by atoms with Crippen LogP contribution in [-0.4, -0.2) is 16.8 Å². The second-order valence-corrected chi connectivity index (χ2v) is 2.82. The number of rotatable bonds is 3. The van der Waals surface area contributed by atoms with E-state index in [-0.39, 0.29) is 0 Å². The van der Waals surface area contributed by atoms with Crippen molar-refractivity contribution in [3.63, 3.8) is 0 Å². The number of phenolic OH excluding ortho intramolecular Hbond substituents is 1. The summed E-state index contributed by atoms with van der Waals surface area (Å²) in [4.78, 5) is 0. The lowest BCUT2D eigenvalue weighted by atomic mass is 10.3. The van der Waals surface area contributed by atoms with E-state index in [1.54, 1.807) is 0 Å². The first kappa shape index (κ1) is 11.0. The Labute approximate surface area is 82.9 Å². The third kappa shape index (κ3) is 2.45. The molecular weight excluding hydrogens is 221 g/mol. The molecule has 2 nitrogen and oxygen atoms in total. The maximum Gasteiger partial charge on any atom is 0.444 e. The highest BCUT2D eigenvalue weighted by atomic mass is 35.5. The van der Waals surface area contributed by atoms with Crippen molar-refractivity contribution in [1.82, 2.24) is 0 Å². The molecule has 0 aliphatic heterocycles. The molecule has 6 heteroatoms. The zero-order chi connectivity index (χ0) is 10.8. The normalized spacial score (nSPS) is 13.7. The number of alkyl halides is 4. The fourth-order valence-corrected chi connectivity index (χ4v) is 0.779. The van der Waals surface area contributed by atoms with Gasteiger partial charge in [-0.05, 0) is 12.1 Å². The molecule has 0 spiro atoms. The molecule has 0 aromatic heterocycles. The Kier molecular flexibility index (Phi) is 3.10. The molecule has 78 valence electrons. The van der Waals surface area contributed by atoms with E-state index < -0.39 is 23.2 Å². The van der Waals surface area contributed by atoms with Gasteiger partial charge in [-0.2, -0.15) is 8.78 Å². The summed E-state index contributed by atoms with van der Waals surface area (Å²) in [6, 6.07) is 4.97. The van der Waals surface area contributed by atoms with Crippen LogP contribution in [-0.2, 0) is 0 Å².